The van der Waals surface area contributed by atoms with Gasteiger partial charge < -0.3 is 10.1 Å². The average molecular weight is 221 g/mol. The van der Waals surface area contributed by atoms with Crippen molar-refractivity contribution >= 4 is 11.6 Å². The fourth-order valence-corrected chi connectivity index (χ4v) is 1.52. The highest BCUT2D eigenvalue weighted by Gasteiger charge is 2.13. The van der Waals surface area contributed by atoms with Crippen molar-refractivity contribution in [3.63, 3.8) is 0 Å². The summed E-state index contributed by atoms with van der Waals surface area (Å²) < 4.78 is 5.27. The standard InChI is InChI=1S/C13H19NO2/c1-8(2)13(15)14-12-10(4)6-9(3)7-11(12)16-5/h6-8H,1-5H3,(H,14,15). The van der Waals surface area contributed by atoms with Gasteiger partial charge in [0.25, 0.3) is 0 Å². The quantitative estimate of drug-likeness (QED) is 0.852. The van der Waals surface area contributed by atoms with Gasteiger partial charge in [0.15, 0.2) is 0 Å². The molecule has 1 amide bonds. The molecule has 0 aliphatic heterocycles. The number of hydrogen-bond donors (Lipinski definition) is 1. The van der Waals surface area contributed by atoms with Gasteiger partial charge in [-0.25, -0.2) is 0 Å². The first-order chi connectivity index (χ1) is 7.45. The van der Waals surface area contributed by atoms with E-state index in [9.17, 15) is 4.79 Å². The van der Waals surface area contributed by atoms with E-state index >= 15 is 0 Å². The van der Waals surface area contributed by atoms with E-state index in [4.69, 9.17) is 4.74 Å². The summed E-state index contributed by atoms with van der Waals surface area (Å²) in [5.41, 5.74) is 2.91. The lowest BCUT2D eigenvalue weighted by molar-refractivity contribution is -0.118. The van der Waals surface area contributed by atoms with Gasteiger partial charge in [-0.3, -0.25) is 4.79 Å². The molecule has 0 fully saturated rings. The Hall–Kier alpha value is -1.51. The highest BCUT2D eigenvalue weighted by Crippen LogP contribution is 2.29. The highest BCUT2D eigenvalue weighted by atomic mass is 16.5. The Balaban J connectivity index is 3.07. The van der Waals surface area contributed by atoms with Crippen molar-refractivity contribution < 1.29 is 9.53 Å². The molecule has 3 nitrogen and oxygen atoms in total. The molecule has 0 saturated heterocycles. The van der Waals surface area contributed by atoms with Crippen molar-refractivity contribution in [3.05, 3.63) is 23.3 Å². The lowest BCUT2D eigenvalue weighted by Crippen LogP contribution is -2.19. The zero-order valence-corrected chi connectivity index (χ0v) is 10.5. The van der Waals surface area contributed by atoms with Gasteiger partial charge in [0.2, 0.25) is 5.91 Å². The van der Waals surface area contributed by atoms with Crippen LogP contribution in [0, 0.1) is 19.8 Å². The number of benzene rings is 1. The van der Waals surface area contributed by atoms with Gasteiger partial charge in [-0.1, -0.05) is 19.9 Å². The minimum absolute atomic E-state index is 0.00486. The lowest BCUT2D eigenvalue weighted by Gasteiger charge is -2.15. The van der Waals surface area contributed by atoms with Crippen molar-refractivity contribution in [2.75, 3.05) is 12.4 Å². The van der Waals surface area contributed by atoms with E-state index in [2.05, 4.69) is 5.32 Å². The molecule has 0 atom stereocenters. The van der Waals surface area contributed by atoms with Crippen molar-refractivity contribution in [2.24, 2.45) is 5.92 Å². The number of carbonyl (C=O) groups excluding carboxylic acids is 1. The molecule has 0 radical (unpaired) electrons. The van der Waals surface area contributed by atoms with E-state index in [0.717, 1.165) is 16.8 Å². The summed E-state index contributed by atoms with van der Waals surface area (Å²) in [5.74, 6) is 0.683. The van der Waals surface area contributed by atoms with E-state index in [0.29, 0.717) is 5.75 Å². The van der Waals surface area contributed by atoms with E-state index in [1.54, 1.807) is 7.11 Å². The number of rotatable bonds is 3. The SMILES string of the molecule is COc1cc(C)cc(C)c1NC(=O)C(C)C. The highest BCUT2D eigenvalue weighted by molar-refractivity contribution is 5.94. The predicted octanol–water partition coefficient (Wildman–Crippen LogP) is 2.91. The van der Waals surface area contributed by atoms with Gasteiger partial charge in [0, 0.05) is 5.92 Å². The summed E-state index contributed by atoms with van der Waals surface area (Å²) in [6.07, 6.45) is 0. The molecular formula is C13H19NO2. The van der Waals surface area contributed by atoms with E-state index < -0.39 is 0 Å². The Morgan fingerprint density at radius 2 is 1.94 bits per heavy atom. The fraction of sp³-hybridized carbons (Fsp3) is 0.462. The molecule has 1 rings (SSSR count). The van der Waals surface area contributed by atoms with Crippen LogP contribution >= 0.6 is 0 Å². The summed E-state index contributed by atoms with van der Waals surface area (Å²) in [7, 11) is 1.61. The molecule has 88 valence electrons. The molecule has 0 heterocycles. The Bertz CT molecular complexity index is 397. The normalized spacial score (nSPS) is 10.4. The Kier molecular flexibility index (Phi) is 3.93. The Morgan fingerprint density at radius 1 is 1.31 bits per heavy atom. The molecule has 16 heavy (non-hydrogen) atoms. The number of aryl methyl sites for hydroxylation is 2. The van der Waals surface area contributed by atoms with Gasteiger partial charge >= 0.3 is 0 Å². The number of hydrogen-bond acceptors (Lipinski definition) is 2. The van der Waals surface area contributed by atoms with Gasteiger partial charge in [-0.15, -0.1) is 0 Å². The number of amides is 1. The minimum Gasteiger partial charge on any atom is -0.495 e. The summed E-state index contributed by atoms with van der Waals surface area (Å²) in [6, 6.07) is 3.95. The van der Waals surface area contributed by atoms with Gasteiger partial charge in [0.1, 0.15) is 5.75 Å². The number of ether oxygens (including phenoxy) is 1. The Labute approximate surface area is 96.8 Å². The molecular weight excluding hydrogens is 202 g/mol. The second-order valence-corrected chi connectivity index (χ2v) is 4.30. The third kappa shape index (κ3) is 2.75. The van der Waals surface area contributed by atoms with Crippen LogP contribution in [0.2, 0.25) is 0 Å². The molecule has 0 aliphatic carbocycles. The zero-order valence-electron chi connectivity index (χ0n) is 10.5. The zero-order chi connectivity index (χ0) is 12.3. The van der Waals surface area contributed by atoms with Crippen LogP contribution in [-0.2, 0) is 4.79 Å². The molecule has 0 unspecified atom stereocenters. The Morgan fingerprint density at radius 3 is 2.44 bits per heavy atom. The van der Waals surface area contributed by atoms with Crippen LogP contribution in [0.1, 0.15) is 25.0 Å². The molecule has 1 N–H and O–H groups in total. The molecule has 0 saturated carbocycles. The largest absolute Gasteiger partial charge is 0.495 e. The second kappa shape index (κ2) is 5.01. The topological polar surface area (TPSA) is 38.3 Å². The first-order valence-corrected chi connectivity index (χ1v) is 5.41. The molecule has 1 aromatic rings. The van der Waals surface area contributed by atoms with Crippen molar-refractivity contribution in [1.82, 2.24) is 0 Å². The van der Waals surface area contributed by atoms with E-state index in [-0.39, 0.29) is 11.8 Å². The summed E-state index contributed by atoms with van der Waals surface area (Å²) in [4.78, 5) is 11.7. The van der Waals surface area contributed by atoms with E-state index in [1.165, 1.54) is 0 Å². The fourth-order valence-electron chi connectivity index (χ4n) is 1.52. The van der Waals surface area contributed by atoms with Crippen LogP contribution < -0.4 is 10.1 Å². The molecule has 0 aromatic heterocycles. The molecule has 0 aliphatic rings. The van der Waals surface area contributed by atoms with Gasteiger partial charge in [0.05, 0.1) is 12.8 Å². The summed E-state index contributed by atoms with van der Waals surface area (Å²) >= 11 is 0. The van der Waals surface area contributed by atoms with Gasteiger partial charge in [-0.05, 0) is 31.0 Å². The maximum atomic E-state index is 11.7. The van der Waals surface area contributed by atoms with Crippen molar-refractivity contribution in [2.45, 2.75) is 27.7 Å². The first-order valence-electron chi connectivity index (χ1n) is 5.41. The van der Waals surface area contributed by atoms with Crippen LogP contribution in [-0.4, -0.2) is 13.0 Å². The first kappa shape index (κ1) is 12.6. The predicted molar refractivity (Wildman–Crippen MR) is 65.9 cm³/mol. The van der Waals surface area contributed by atoms with Crippen molar-refractivity contribution in [1.29, 1.82) is 0 Å². The van der Waals surface area contributed by atoms with Crippen LogP contribution in [0.15, 0.2) is 12.1 Å². The van der Waals surface area contributed by atoms with Crippen LogP contribution in [0.3, 0.4) is 0 Å². The monoisotopic (exact) mass is 221 g/mol. The van der Waals surface area contributed by atoms with Crippen LogP contribution in [0.4, 0.5) is 5.69 Å². The maximum absolute atomic E-state index is 11.7. The van der Waals surface area contributed by atoms with E-state index in [1.807, 2.05) is 39.8 Å². The summed E-state index contributed by atoms with van der Waals surface area (Å²) in [5, 5.41) is 2.89. The minimum atomic E-state index is -0.0367. The van der Waals surface area contributed by atoms with Crippen LogP contribution in [0.5, 0.6) is 5.75 Å². The molecule has 1 aromatic carbocycles. The number of nitrogens with one attached hydrogen (secondary N) is 1. The number of carbonyl (C=O) groups is 1. The molecule has 0 spiro atoms. The third-order valence-corrected chi connectivity index (χ3v) is 2.44. The number of methoxy groups -OCH3 is 1. The van der Waals surface area contributed by atoms with Gasteiger partial charge in [-0.2, -0.15) is 0 Å². The number of anilines is 1. The van der Waals surface area contributed by atoms with Crippen molar-refractivity contribution in [3.8, 4) is 5.75 Å². The maximum Gasteiger partial charge on any atom is 0.227 e. The smallest absolute Gasteiger partial charge is 0.227 e. The average Bonchev–Trinajstić information content (AvgIpc) is 2.21. The summed E-state index contributed by atoms with van der Waals surface area (Å²) in [6.45, 7) is 7.70. The lowest BCUT2D eigenvalue weighted by atomic mass is 10.1. The molecule has 3 heteroatoms. The van der Waals surface area contributed by atoms with Crippen LogP contribution in [0.25, 0.3) is 0 Å². The molecule has 0 bridgehead atoms. The second-order valence-electron chi connectivity index (χ2n) is 4.30. The third-order valence-electron chi connectivity index (χ3n) is 2.44.